The quantitative estimate of drug-likeness (QED) is 0.559. The van der Waals surface area contributed by atoms with Gasteiger partial charge in [0.2, 0.25) is 0 Å². The largest absolute Gasteiger partial charge is 0.481 e. The van der Waals surface area contributed by atoms with Gasteiger partial charge in [-0.05, 0) is 28.2 Å². The van der Waals surface area contributed by atoms with Crippen molar-refractivity contribution in [3.05, 3.63) is 77.2 Å². The number of aromatic nitrogens is 1. The van der Waals surface area contributed by atoms with Crippen LogP contribution in [0.5, 0.6) is 0 Å². The zero-order valence-corrected chi connectivity index (χ0v) is 19.1. The number of likely N-dealkylation sites (tertiary alicyclic amines) is 1. The molecule has 1 aliphatic carbocycles. The summed E-state index contributed by atoms with van der Waals surface area (Å²) in [7, 11) is 0. The molecular formula is C26H25N3O6. The summed E-state index contributed by atoms with van der Waals surface area (Å²) in [6.45, 7) is 2.48. The topological polar surface area (TPSA) is 122 Å². The van der Waals surface area contributed by atoms with Crippen LogP contribution in [-0.4, -0.2) is 52.8 Å². The van der Waals surface area contributed by atoms with Gasteiger partial charge in [0.15, 0.2) is 11.5 Å². The van der Waals surface area contributed by atoms with Crippen molar-refractivity contribution in [2.75, 3.05) is 19.7 Å². The first-order valence-electron chi connectivity index (χ1n) is 11.5. The minimum absolute atomic E-state index is 0.00507. The second-order valence-corrected chi connectivity index (χ2v) is 8.99. The predicted molar refractivity (Wildman–Crippen MR) is 125 cm³/mol. The third-order valence-corrected chi connectivity index (χ3v) is 6.75. The molecule has 2 N–H and O–H groups in total. The van der Waals surface area contributed by atoms with Gasteiger partial charge in [0.25, 0.3) is 5.91 Å². The van der Waals surface area contributed by atoms with Crippen molar-refractivity contribution in [3.8, 4) is 11.1 Å². The van der Waals surface area contributed by atoms with Gasteiger partial charge in [0.05, 0.1) is 12.5 Å². The number of carbonyl (C=O) groups is 3. The van der Waals surface area contributed by atoms with E-state index in [9.17, 15) is 19.5 Å². The fourth-order valence-corrected chi connectivity index (χ4v) is 4.92. The van der Waals surface area contributed by atoms with Gasteiger partial charge < -0.3 is 24.6 Å². The summed E-state index contributed by atoms with van der Waals surface area (Å²) in [6.07, 6.45) is -0.603. The number of amides is 2. The van der Waals surface area contributed by atoms with E-state index in [0.29, 0.717) is 12.3 Å². The van der Waals surface area contributed by atoms with Gasteiger partial charge in [-0.1, -0.05) is 60.6 Å². The number of aliphatic carboxylic acids is 1. The maximum absolute atomic E-state index is 12.7. The van der Waals surface area contributed by atoms with Crippen LogP contribution in [0.2, 0.25) is 0 Å². The van der Waals surface area contributed by atoms with E-state index >= 15 is 0 Å². The molecule has 35 heavy (non-hydrogen) atoms. The molecule has 2 heterocycles. The average Bonchev–Trinajstić information content (AvgIpc) is 3.57. The SMILES string of the molecule is C[C@@H]1CN(C(=O)c2cc(CNC(=O)OCC3c4ccccc4-c4ccccc43)on2)C[C@H]1C(=O)O. The first-order valence-corrected chi connectivity index (χ1v) is 11.5. The summed E-state index contributed by atoms with van der Waals surface area (Å²) in [5, 5.41) is 15.7. The summed E-state index contributed by atoms with van der Waals surface area (Å²) in [5.74, 6) is -1.79. The zero-order valence-electron chi connectivity index (χ0n) is 19.1. The minimum atomic E-state index is -0.916. The fourth-order valence-electron chi connectivity index (χ4n) is 4.92. The number of carbonyl (C=O) groups excluding carboxylic acids is 2. The van der Waals surface area contributed by atoms with Crippen molar-refractivity contribution in [1.29, 1.82) is 0 Å². The molecule has 5 rings (SSSR count). The fraction of sp³-hybridized carbons (Fsp3) is 0.308. The zero-order chi connectivity index (χ0) is 24.5. The van der Waals surface area contributed by atoms with Crippen LogP contribution in [0, 0.1) is 11.8 Å². The second kappa shape index (κ2) is 9.25. The van der Waals surface area contributed by atoms with Gasteiger partial charge >= 0.3 is 12.1 Å². The molecule has 9 nitrogen and oxygen atoms in total. The Morgan fingerprint density at radius 2 is 1.74 bits per heavy atom. The molecule has 0 bridgehead atoms. The van der Waals surface area contributed by atoms with E-state index in [1.807, 2.05) is 36.4 Å². The van der Waals surface area contributed by atoms with E-state index < -0.39 is 23.9 Å². The lowest BCUT2D eigenvalue weighted by atomic mass is 9.98. The lowest BCUT2D eigenvalue weighted by Crippen LogP contribution is -2.30. The molecule has 2 aromatic carbocycles. The molecule has 2 aliphatic rings. The number of nitrogens with zero attached hydrogens (tertiary/aromatic N) is 2. The number of rotatable bonds is 6. The molecule has 1 aliphatic heterocycles. The van der Waals surface area contributed by atoms with Gasteiger partial charge in [-0.2, -0.15) is 0 Å². The first-order chi connectivity index (χ1) is 16.9. The molecule has 1 aromatic heterocycles. The maximum atomic E-state index is 12.7. The van der Waals surface area contributed by atoms with Gasteiger partial charge in [-0.15, -0.1) is 0 Å². The highest BCUT2D eigenvalue weighted by atomic mass is 16.5. The maximum Gasteiger partial charge on any atom is 0.407 e. The molecule has 0 unspecified atom stereocenters. The Morgan fingerprint density at radius 3 is 2.37 bits per heavy atom. The van der Waals surface area contributed by atoms with Crippen LogP contribution in [0.3, 0.4) is 0 Å². The summed E-state index contributed by atoms with van der Waals surface area (Å²) in [4.78, 5) is 37.8. The lowest BCUT2D eigenvalue weighted by molar-refractivity contribution is -0.142. The molecule has 2 atom stereocenters. The monoisotopic (exact) mass is 475 g/mol. The Kier molecular flexibility index (Phi) is 5.98. The third-order valence-electron chi connectivity index (χ3n) is 6.75. The van der Waals surface area contributed by atoms with Gasteiger partial charge in [-0.3, -0.25) is 9.59 Å². The summed E-state index contributed by atoms with van der Waals surface area (Å²) < 4.78 is 10.7. The number of carboxylic acids is 1. The number of nitrogens with one attached hydrogen (secondary N) is 1. The number of alkyl carbamates (subject to hydrolysis) is 1. The Hall–Kier alpha value is -4.14. The van der Waals surface area contributed by atoms with Gasteiger partial charge in [-0.25, -0.2) is 4.79 Å². The highest BCUT2D eigenvalue weighted by Gasteiger charge is 2.38. The van der Waals surface area contributed by atoms with Crippen LogP contribution < -0.4 is 5.32 Å². The van der Waals surface area contributed by atoms with Crippen molar-refractivity contribution in [1.82, 2.24) is 15.4 Å². The molecule has 1 fully saturated rings. The van der Waals surface area contributed by atoms with Crippen molar-refractivity contribution in [2.45, 2.75) is 19.4 Å². The van der Waals surface area contributed by atoms with Crippen molar-refractivity contribution < 1.29 is 28.8 Å². The molecule has 2 amide bonds. The van der Waals surface area contributed by atoms with Crippen LogP contribution in [0.1, 0.15) is 40.2 Å². The van der Waals surface area contributed by atoms with Crippen molar-refractivity contribution in [3.63, 3.8) is 0 Å². The van der Waals surface area contributed by atoms with Crippen LogP contribution >= 0.6 is 0 Å². The molecular weight excluding hydrogens is 450 g/mol. The first kappa shape index (κ1) is 22.6. The van der Waals surface area contributed by atoms with Crippen LogP contribution in [0.25, 0.3) is 11.1 Å². The Labute approximate surface area is 201 Å². The summed E-state index contributed by atoms with van der Waals surface area (Å²) in [5.41, 5.74) is 4.63. The number of benzene rings is 2. The Balaban J connectivity index is 1.15. The Bertz CT molecular complexity index is 1240. The van der Waals surface area contributed by atoms with Crippen molar-refractivity contribution in [2.24, 2.45) is 11.8 Å². The highest BCUT2D eigenvalue weighted by Crippen LogP contribution is 2.44. The molecule has 180 valence electrons. The molecule has 1 saturated heterocycles. The number of carboxylic acid groups (broad SMARTS) is 1. The van der Waals surface area contributed by atoms with Crippen LogP contribution in [0.4, 0.5) is 4.79 Å². The second-order valence-electron chi connectivity index (χ2n) is 8.99. The predicted octanol–water partition coefficient (Wildman–Crippen LogP) is 3.51. The molecule has 9 heteroatoms. The van der Waals surface area contributed by atoms with E-state index in [0.717, 1.165) is 22.3 Å². The number of hydrogen-bond donors (Lipinski definition) is 2. The van der Waals surface area contributed by atoms with E-state index in [1.54, 1.807) is 6.92 Å². The number of hydrogen-bond acceptors (Lipinski definition) is 6. The minimum Gasteiger partial charge on any atom is -0.481 e. The van der Waals surface area contributed by atoms with E-state index in [1.165, 1.54) is 11.0 Å². The van der Waals surface area contributed by atoms with Gasteiger partial charge in [0, 0.05) is 25.1 Å². The average molecular weight is 476 g/mol. The summed E-state index contributed by atoms with van der Waals surface area (Å²) >= 11 is 0. The van der Waals surface area contributed by atoms with E-state index in [4.69, 9.17) is 9.26 Å². The van der Waals surface area contributed by atoms with E-state index in [-0.39, 0.29) is 37.2 Å². The molecule has 0 spiro atoms. The standard InChI is InChI=1S/C26H25N3O6/c1-15-12-29(13-21(15)25(31)32)24(30)23-10-16(35-28-23)11-27-26(33)34-14-22-19-8-4-2-6-17(19)18-7-3-5-9-20(18)22/h2-10,15,21-22H,11-14H2,1H3,(H,27,33)(H,31,32)/t15-,21-/m1/s1. The van der Waals surface area contributed by atoms with E-state index in [2.05, 4.69) is 22.6 Å². The smallest absolute Gasteiger partial charge is 0.407 e. The number of fused-ring (bicyclic) bond motifs is 3. The summed E-state index contributed by atoms with van der Waals surface area (Å²) in [6, 6.07) is 17.6. The Morgan fingerprint density at radius 1 is 1.09 bits per heavy atom. The lowest BCUT2D eigenvalue weighted by Gasteiger charge is -2.14. The highest BCUT2D eigenvalue weighted by molar-refractivity contribution is 5.93. The third kappa shape index (κ3) is 4.37. The molecule has 0 radical (unpaired) electrons. The normalized spacial score (nSPS) is 18.7. The van der Waals surface area contributed by atoms with Crippen molar-refractivity contribution >= 4 is 18.0 Å². The number of ether oxygens (including phenoxy) is 1. The van der Waals surface area contributed by atoms with Crippen LogP contribution in [-0.2, 0) is 16.1 Å². The van der Waals surface area contributed by atoms with Crippen LogP contribution in [0.15, 0.2) is 59.1 Å². The van der Waals surface area contributed by atoms with Gasteiger partial charge in [0.1, 0.15) is 6.61 Å². The molecule has 3 aromatic rings. The molecule has 0 saturated carbocycles.